The number of benzene rings is 4. The largest absolute Gasteiger partial charge is 0.489 e. The first-order chi connectivity index (χ1) is 38.4. The minimum Gasteiger partial charge on any atom is -0.489 e. The molecule has 0 aliphatic carbocycles. The number of hydrogen-bond acceptors (Lipinski definition) is 10. The van der Waals surface area contributed by atoms with E-state index in [1.807, 2.05) is 75.4 Å². The molecule has 5 aromatic rings. The van der Waals surface area contributed by atoms with Crippen molar-refractivity contribution in [1.29, 1.82) is 0 Å². The van der Waals surface area contributed by atoms with Gasteiger partial charge in [-0.25, -0.2) is 19.7 Å². The van der Waals surface area contributed by atoms with Crippen LogP contribution in [0, 0.1) is 10.1 Å². The van der Waals surface area contributed by atoms with Crippen LogP contribution in [0.3, 0.4) is 0 Å². The number of H-pyrrole nitrogens is 1. The molecular formula is C59H78N10O11. The number of rotatable bonds is 34. The molecule has 0 bridgehead atoms. The van der Waals surface area contributed by atoms with Gasteiger partial charge in [0.1, 0.15) is 47.2 Å². The van der Waals surface area contributed by atoms with Gasteiger partial charge in [0, 0.05) is 55.9 Å². The number of carbonyl (C=O) groups excluding carboxylic acids is 5. The number of aromatic amines is 1. The van der Waals surface area contributed by atoms with E-state index >= 15 is 0 Å². The van der Waals surface area contributed by atoms with Crippen molar-refractivity contribution < 1.29 is 48.4 Å². The molecule has 4 atom stereocenters. The Morgan fingerprint density at radius 1 is 0.625 bits per heavy atom. The number of guanidine groups is 1. The van der Waals surface area contributed by atoms with Crippen LogP contribution in [0.1, 0.15) is 120 Å². The molecule has 0 spiro atoms. The second-order valence-corrected chi connectivity index (χ2v) is 20.7. The Balaban J connectivity index is 1.27. The van der Waals surface area contributed by atoms with Crippen LogP contribution in [0.5, 0.6) is 5.75 Å². The average Bonchev–Trinajstić information content (AvgIpc) is 3.85. The van der Waals surface area contributed by atoms with Crippen molar-refractivity contribution in [3.8, 4) is 5.75 Å². The fraction of sp³-hybridized carbons (Fsp3) is 0.441. The molecule has 0 aliphatic rings. The predicted octanol–water partition coefficient (Wildman–Crippen LogP) is 7.10. The molecule has 1 heterocycles. The van der Waals surface area contributed by atoms with Gasteiger partial charge in [0.25, 0.3) is 5.96 Å². The van der Waals surface area contributed by atoms with E-state index in [9.17, 15) is 44.0 Å². The Morgan fingerprint density at radius 3 is 1.77 bits per heavy atom. The van der Waals surface area contributed by atoms with Crippen molar-refractivity contribution in [2.75, 3.05) is 13.1 Å². The van der Waals surface area contributed by atoms with Crippen molar-refractivity contribution in [3.63, 3.8) is 0 Å². The Hall–Kier alpha value is -8.49. The molecule has 80 heavy (non-hydrogen) atoms. The van der Waals surface area contributed by atoms with Gasteiger partial charge >= 0.3 is 12.1 Å². The highest BCUT2D eigenvalue weighted by Crippen LogP contribution is 2.21. The van der Waals surface area contributed by atoms with E-state index in [0.29, 0.717) is 42.0 Å². The van der Waals surface area contributed by atoms with Crippen molar-refractivity contribution in [1.82, 2.24) is 36.9 Å². The molecule has 0 fully saturated rings. The van der Waals surface area contributed by atoms with Crippen LogP contribution >= 0.6 is 0 Å². The Labute approximate surface area is 467 Å². The first-order valence-corrected chi connectivity index (χ1v) is 27.4. The number of ether oxygens (including phenoxy) is 2. The Kier molecular flexibility index (Phi) is 25.8. The zero-order valence-corrected chi connectivity index (χ0v) is 46.0. The maximum absolute atomic E-state index is 14.6. The number of alkyl carbamates (subject to hydrolysis) is 1. The SMILES string of the molecule is CC(C)(C)OC(=O)NCCCCCCCCCCCC(=O)N[C@@H](Cc1ccc(OCc2ccccc2)cc1)C(=O)N[C@H](Cc1ccccc1)C(=O)N[C@@H](CCCN/C(N)=N/[N+](=O)[O-])C(=O)N[C@@H](Cc1c[nH]c2ccccc12)C(=O)O. The summed E-state index contributed by atoms with van der Waals surface area (Å²) in [6, 6.07) is 27.8. The highest BCUT2D eigenvalue weighted by Gasteiger charge is 2.32. The Bertz CT molecular complexity index is 2790. The van der Waals surface area contributed by atoms with E-state index in [4.69, 9.17) is 15.2 Å². The summed E-state index contributed by atoms with van der Waals surface area (Å²) in [5.41, 5.74) is 8.86. The van der Waals surface area contributed by atoms with Gasteiger partial charge in [0.15, 0.2) is 5.03 Å². The van der Waals surface area contributed by atoms with E-state index < -0.39 is 70.5 Å². The van der Waals surface area contributed by atoms with Gasteiger partial charge in [0.2, 0.25) is 23.6 Å². The maximum atomic E-state index is 14.6. The number of aromatic nitrogens is 1. The van der Waals surface area contributed by atoms with Crippen LogP contribution < -0.4 is 42.4 Å². The van der Waals surface area contributed by atoms with Crippen molar-refractivity contribution in [3.05, 3.63) is 148 Å². The lowest BCUT2D eigenvalue weighted by Crippen LogP contribution is -2.58. The molecule has 21 nitrogen and oxygen atoms in total. The van der Waals surface area contributed by atoms with Gasteiger partial charge in [-0.3, -0.25) is 19.2 Å². The number of amides is 5. The van der Waals surface area contributed by atoms with Crippen LogP contribution in [0.4, 0.5) is 4.79 Å². The molecule has 5 amide bonds. The lowest BCUT2D eigenvalue weighted by molar-refractivity contribution is -0.485. The monoisotopic (exact) mass is 1100 g/mol. The quantitative estimate of drug-likeness (QED) is 0.00654. The van der Waals surface area contributed by atoms with E-state index in [1.54, 1.807) is 60.8 Å². The molecule has 430 valence electrons. The van der Waals surface area contributed by atoms with Gasteiger partial charge in [0.05, 0.1) is 0 Å². The van der Waals surface area contributed by atoms with Crippen molar-refractivity contribution in [2.45, 2.75) is 153 Å². The fourth-order valence-electron chi connectivity index (χ4n) is 8.84. The summed E-state index contributed by atoms with van der Waals surface area (Å²) >= 11 is 0. The van der Waals surface area contributed by atoms with E-state index in [2.05, 4.69) is 42.0 Å². The number of nitro groups is 1. The summed E-state index contributed by atoms with van der Waals surface area (Å²) in [6.45, 7) is 6.39. The van der Waals surface area contributed by atoms with Crippen molar-refractivity contribution in [2.24, 2.45) is 10.8 Å². The number of nitrogens with two attached hydrogens (primary N) is 1. The third-order valence-electron chi connectivity index (χ3n) is 12.9. The fourth-order valence-corrected chi connectivity index (χ4v) is 8.84. The zero-order chi connectivity index (χ0) is 57.7. The first kappa shape index (κ1) is 62.4. The molecule has 0 radical (unpaired) electrons. The van der Waals surface area contributed by atoms with Crippen LogP contribution in [0.25, 0.3) is 10.9 Å². The summed E-state index contributed by atoms with van der Waals surface area (Å²) in [6.07, 6.45) is 9.77. The highest BCUT2D eigenvalue weighted by atomic mass is 16.7. The minimum absolute atomic E-state index is 0.00851. The van der Waals surface area contributed by atoms with Crippen LogP contribution in [-0.4, -0.2) is 99.6 Å². The number of nitrogens with zero attached hydrogens (tertiary/aromatic N) is 2. The lowest BCUT2D eigenvalue weighted by atomic mass is 10.0. The Morgan fingerprint density at radius 2 is 1.15 bits per heavy atom. The number of hydrogen-bond donors (Lipinski definition) is 9. The van der Waals surface area contributed by atoms with Gasteiger partial charge in [-0.2, -0.15) is 0 Å². The zero-order valence-electron chi connectivity index (χ0n) is 46.0. The minimum atomic E-state index is -1.42. The summed E-state index contributed by atoms with van der Waals surface area (Å²) in [5, 5.41) is 40.5. The van der Waals surface area contributed by atoms with Crippen LogP contribution in [-0.2, 0) is 54.6 Å². The second-order valence-electron chi connectivity index (χ2n) is 20.7. The molecule has 0 saturated carbocycles. The smallest absolute Gasteiger partial charge is 0.407 e. The van der Waals surface area contributed by atoms with E-state index in [0.717, 1.165) is 67.8 Å². The average molecular weight is 1100 g/mol. The molecule has 21 heteroatoms. The number of para-hydroxylation sites is 1. The molecule has 0 aliphatic heterocycles. The third-order valence-corrected chi connectivity index (χ3v) is 12.9. The lowest BCUT2D eigenvalue weighted by Gasteiger charge is -2.26. The van der Waals surface area contributed by atoms with E-state index in [1.165, 1.54) is 0 Å². The van der Waals surface area contributed by atoms with Gasteiger partial charge < -0.3 is 57.2 Å². The van der Waals surface area contributed by atoms with Gasteiger partial charge in [-0.05, 0) is 86.9 Å². The topological polar surface area (TPSA) is 311 Å². The number of carboxylic acids is 1. The number of aliphatic carboxylic acids is 1. The first-order valence-electron chi connectivity index (χ1n) is 27.4. The number of carbonyl (C=O) groups is 6. The predicted molar refractivity (Wildman–Crippen MR) is 305 cm³/mol. The van der Waals surface area contributed by atoms with E-state index in [-0.39, 0.29) is 51.0 Å². The number of nitrogens with one attached hydrogen (secondary N) is 7. The number of hydrazone groups is 1. The molecule has 5 rings (SSSR count). The highest BCUT2D eigenvalue weighted by molar-refractivity contribution is 5.95. The molecule has 0 saturated heterocycles. The molecule has 0 unspecified atom stereocenters. The van der Waals surface area contributed by atoms with Gasteiger partial charge in [-0.1, -0.05) is 136 Å². The summed E-state index contributed by atoms with van der Waals surface area (Å²) in [4.78, 5) is 95.6. The van der Waals surface area contributed by atoms with Gasteiger partial charge in [-0.15, -0.1) is 0 Å². The maximum Gasteiger partial charge on any atom is 0.407 e. The third kappa shape index (κ3) is 23.6. The summed E-state index contributed by atoms with van der Waals surface area (Å²) in [7, 11) is 0. The summed E-state index contributed by atoms with van der Waals surface area (Å²) < 4.78 is 11.3. The number of unbranched alkanes of at least 4 members (excludes halogenated alkanes) is 8. The molecule has 10 N–H and O–H groups in total. The van der Waals surface area contributed by atoms with Crippen LogP contribution in [0.15, 0.2) is 120 Å². The van der Waals surface area contributed by atoms with Crippen LogP contribution in [0.2, 0.25) is 0 Å². The second kappa shape index (κ2) is 33.1. The number of fused-ring (bicyclic) bond motifs is 1. The molecule has 4 aromatic carbocycles. The normalized spacial score (nSPS) is 13.0. The molecular weight excluding hydrogens is 1020 g/mol. The van der Waals surface area contributed by atoms with Crippen molar-refractivity contribution >= 4 is 52.6 Å². The standard InChI is InChI=1S/C59H78N10O11/c1-59(2,3)80-58(76)62-34-20-10-8-6-4-5-7-9-17-29-52(70)64-49(37-42-30-32-45(33-31-42)79-40-43-24-15-12-16-25-43)54(72)66-50(36-41-22-13-11-14-23-41)55(73)65-48(28-21-35-61-57(60)68-69(77)78)53(71)67-51(56(74)75)38-44-39-63-47-27-19-18-26-46(44)47/h11-16,18-19,22-27,30-33,39,48-51,63H,4-10,17,20-21,28-29,34-38,40H2,1-3H3,(H,62,76)(H,64,70)(H,65,73)(H,66,72)(H,67,71)(H,74,75)(H3,60,61,68)/t48-,49-,50+,51-/m0/s1. The summed E-state index contributed by atoms with van der Waals surface area (Å²) in [5.74, 6) is -3.79. The number of carboxylic acid groups (broad SMARTS) is 1. The molecule has 1 aromatic heterocycles.